The number of rotatable bonds is 19. The summed E-state index contributed by atoms with van der Waals surface area (Å²) in [5.41, 5.74) is 0. The predicted molar refractivity (Wildman–Crippen MR) is 119 cm³/mol. The maximum Gasteiger partial charge on any atom is 0.220 e. The van der Waals surface area contributed by atoms with Crippen LogP contribution in [0.2, 0.25) is 0 Å². The molecule has 0 heterocycles. The number of hydrogen-bond donors (Lipinski definition) is 1. The van der Waals surface area contributed by atoms with E-state index in [1.165, 1.54) is 70.8 Å². The third kappa shape index (κ3) is 19.9. The molecule has 0 saturated heterocycles. The van der Waals surface area contributed by atoms with Crippen LogP contribution in [0, 0.1) is 5.92 Å². The smallest absolute Gasteiger partial charge is 0.220 e. The average Bonchev–Trinajstić information content (AvgIpc) is 2.61. The number of amides is 1. The molecule has 0 aliphatic rings. The Hall–Kier alpha value is -0.610. The zero-order valence-corrected chi connectivity index (χ0v) is 19.2. The molecule has 4 nitrogen and oxygen atoms in total. The first-order valence-electron chi connectivity index (χ1n) is 11.6. The van der Waals surface area contributed by atoms with Gasteiger partial charge in [0, 0.05) is 13.0 Å². The van der Waals surface area contributed by atoms with Gasteiger partial charge in [-0.15, -0.1) is 0 Å². The topological polar surface area (TPSA) is 35.6 Å². The van der Waals surface area contributed by atoms with Crippen LogP contribution >= 0.6 is 0 Å². The van der Waals surface area contributed by atoms with Crippen molar-refractivity contribution in [3.05, 3.63) is 0 Å². The standard InChI is InChI=1S/C23H49N3O/c1-6-7-8-9-10-11-12-16-22(2)21-23(27)24-17-15-20-26(5)19-14-13-18-25(3)4/h22H,6-21H2,1-5H3,(H,24,27). The Labute approximate surface area is 170 Å². The summed E-state index contributed by atoms with van der Waals surface area (Å²) in [5.74, 6) is 0.749. The number of unbranched alkanes of at least 4 members (excludes halogenated alkanes) is 7. The molecule has 0 fully saturated rings. The van der Waals surface area contributed by atoms with Gasteiger partial charge >= 0.3 is 0 Å². The normalized spacial score (nSPS) is 12.7. The molecule has 0 aromatic heterocycles. The van der Waals surface area contributed by atoms with Crippen molar-refractivity contribution in [2.75, 3.05) is 47.3 Å². The lowest BCUT2D eigenvalue weighted by Crippen LogP contribution is -2.29. The van der Waals surface area contributed by atoms with Gasteiger partial charge in [-0.05, 0) is 66.0 Å². The number of nitrogens with zero attached hydrogens (tertiary/aromatic N) is 2. The van der Waals surface area contributed by atoms with Gasteiger partial charge in [-0.1, -0.05) is 65.2 Å². The van der Waals surface area contributed by atoms with E-state index in [2.05, 4.69) is 50.1 Å². The Morgan fingerprint density at radius 1 is 0.815 bits per heavy atom. The van der Waals surface area contributed by atoms with Crippen molar-refractivity contribution in [3.63, 3.8) is 0 Å². The van der Waals surface area contributed by atoms with E-state index in [0.29, 0.717) is 12.3 Å². The molecule has 0 rings (SSSR count). The predicted octanol–water partition coefficient (Wildman–Crippen LogP) is 4.93. The lowest BCUT2D eigenvalue weighted by molar-refractivity contribution is -0.121. The zero-order chi connectivity index (χ0) is 20.3. The minimum Gasteiger partial charge on any atom is -0.356 e. The first kappa shape index (κ1) is 26.4. The SMILES string of the molecule is CCCCCCCCCC(C)CC(=O)NCCCN(C)CCCCN(C)C. The van der Waals surface area contributed by atoms with Gasteiger partial charge in [-0.3, -0.25) is 4.79 Å². The molecule has 0 aliphatic heterocycles. The van der Waals surface area contributed by atoms with Crippen LogP contribution in [0.4, 0.5) is 0 Å². The first-order chi connectivity index (χ1) is 13.0. The van der Waals surface area contributed by atoms with Gasteiger partial charge in [0.15, 0.2) is 0 Å². The maximum absolute atomic E-state index is 12.1. The molecule has 1 N–H and O–H groups in total. The van der Waals surface area contributed by atoms with Crippen LogP contribution in [0.5, 0.6) is 0 Å². The molecule has 0 saturated carbocycles. The monoisotopic (exact) mass is 383 g/mol. The van der Waals surface area contributed by atoms with Crippen LogP contribution in [-0.2, 0) is 4.79 Å². The van der Waals surface area contributed by atoms with Gasteiger partial charge < -0.3 is 15.1 Å². The second kappa shape index (κ2) is 18.7. The Bertz CT molecular complexity index is 334. The Morgan fingerprint density at radius 3 is 2.07 bits per heavy atom. The van der Waals surface area contributed by atoms with Gasteiger partial charge in [0.05, 0.1) is 0 Å². The second-order valence-corrected chi connectivity index (χ2v) is 8.74. The van der Waals surface area contributed by atoms with Gasteiger partial charge in [-0.2, -0.15) is 0 Å². The highest BCUT2D eigenvalue weighted by molar-refractivity contribution is 5.76. The molecule has 162 valence electrons. The van der Waals surface area contributed by atoms with Crippen molar-refractivity contribution >= 4 is 5.91 Å². The zero-order valence-electron chi connectivity index (χ0n) is 19.2. The molecule has 27 heavy (non-hydrogen) atoms. The second-order valence-electron chi connectivity index (χ2n) is 8.74. The molecule has 1 unspecified atom stereocenters. The van der Waals surface area contributed by atoms with Gasteiger partial charge in [-0.25, -0.2) is 0 Å². The summed E-state index contributed by atoms with van der Waals surface area (Å²) >= 11 is 0. The van der Waals surface area contributed by atoms with E-state index in [0.717, 1.165) is 26.1 Å². The molecule has 0 aliphatic carbocycles. The van der Waals surface area contributed by atoms with Crippen LogP contribution in [0.15, 0.2) is 0 Å². The van der Waals surface area contributed by atoms with Crippen molar-refractivity contribution in [1.82, 2.24) is 15.1 Å². The number of nitrogens with one attached hydrogen (secondary N) is 1. The summed E-state index contributed by atoms with van der Waals surface area (Å²) in [6.45, 7) is 8.68. The summed E-state index contributed by atoms with van der Waals surface area (Å²) < 4.78 is 0. The minimum atomic E-state index is 0.235. The largest absolute Gasteiger partial charge is 0.356 e. The van der Waals surface area contributed by atoms with Crippen molar-refractivity contribution in [1.29, 1.82) is 0 Å². The van der Waals surface area contributed by atoms with Gasteiger partial charge in [0.1, 0.15) is 0 Å². The van der Waals surface area contributed by atoms with Crippen LogP contribution in [0.25, 0.3) is 0 Å². The lowest BCUT2D eigenvalue weighted by Gasteiger charge is -2.17. The van der Waals surface area contributed by atoms with Crippen molar-refractivity contribution < 1.29 is 4.79 Å². The van der Waals surface area contributed by atoms with E-state index in [4.69, 9.17) is 0 Å². The fraction of sp³-hybridized carbons (Fsp3) is 0.957. The van der Waals surface area contributed by atoms with Crippen molar-refractivity contribution in [3.8, 4) is 0 Å². The Balaban J connectivity index is 3.48. The molecular formula is C23H49N3O. The third-order valence-corrected chi connectivity index (χ3v) is 5.27. The summed E-state index contributed by atoms with van der Waals surface area (Å²) in [6.07, 6.45) is 14.9. The number of carbonyl (C=O) groups excluding carboxylic acids is 1. The maximum atomic E-state index is 12.1. The molecule has 0 aromatic carbocycles. The van der Waals surface area contributed by atoms with E-state index in [9.17, 15) is 4.79 Å². The lowest BCUT2D eigenvalue weighted by atomic mass is 9.98. The third-order valence-electron chi connectivity index (χ3n) is 5.27. The molecular weight excluding hydrogens is 334 g/mol. The summed E-state index contributed by atoms with van der Waals surface area (Å²) in [7, 11) is 6.44. The van der Waals surface area contributed by atoms with Gasteiger partial charge in [0.2, 0.25) is 5.91 Å². The van der Waals surface area contributed by atoms with E-state index in [1.807, 2.05) is 0 Å². The first-order valence-corrected chi connectivity index (χ1v) is 11.6. The summed E-state index contributed by atoms with van der Waals surface area (Å²) in [5, 5.41) is 3.10. The minimum absolute atomic E-state index is 0.235. The van der Waals surface area contributed by atoms with Crippen molar-refractivity contribution in [2.24, 2.45) is 5.92 Å². The molecule has 0 aromatic rings. The Morgan fingerprint density at radius 2 is 1.41 bits per heavy atom. The van der Waals surface area contributed by atoms with E-state index in [1.54, 1.807) is 0 Å². The fourth-order valence-electron chi connectivity index (χ4n) is 3.44. The van der Waals surface area contributed by atoms with E-state index < -0.39 is 0 Å². The van der Waals surface area contributed by atoms with Crippen LogP contribution < -0.4 is 5.32 Å². The van der Waals surface area contributed by atoms with Crippen LogP contribution in [-0.4, -0.2) is 63.0 Å². The highest BCUT2D eigenvalue weighted by Crippen LogP contribution is 2.15. The quantitative estimate of drug-likeness (QED) is 0.321. The van der Waals surface area contributed by atoms with Crippen LogP contribution in [0.3, 0.4) is 0 Å². The summed E-state index contributed by atoms with van der Waals surface area (Å²) in [4.78, 5) is 16.7. The molecule has 1 atom stereocenters. The molecule has 0 radical (unpaired) electrons. The average molecular weight is 384 g/mol. The fourth-order valence-corrected chi connectivity index (χ4v) is 3.44. The molecule has 4 heteroatoms. The Kier molecular flexibility index (Phi) is 18.3. The molecule has 0 spiro atoms. The van der Waals surface area contributed by atoms with Crippen LogP contribution in [0.1, 0.15) is 90.9 Å². The highest BCUT2D eigenvalue weighted by Gasteiger charge is 2.08. The highest BCUT2D eigenvalue weighted by atomic mass is 16.1. The van der Waals surface area contributed by atoms with E-state index in [-0.39, 0.29) is 5.91 Å². The summed E-state index contributed by atoms with van der Waals surface area (Å²) in [6, 6.07) is 0. The molecule has 0 bridgehead atoms. The van der Waals surface area contributed by atoms with Gasteiger partial charge in [0.25, 0.3) is 0 Å². The number of carbonyl (C=O) groups is 1. The van der Waals surface area contributed by atoms with E-state index >= 15 is 0 Å². The number of hydrogen-bond acceptors (Lipinski definition) is 3. The van der Waals surface area contributed by atoms with Crippen molar-refractivity contribution in [2.45, 2.75) is 90.9 Å². The molecule has 1 amide bonds.